The lowest BCUT2D eigenvalue weighted by molar-refractivity contribution is -0.183. The van der Waals surface area contributed by atoms with E-state index in [2.05, 4.69) is 20.0 Å². The number of ether oxygens (including phenoxy) is 3. The first-order valence-corrected chi connectivity index (χ1v) is 12.1. The number of para-hydroxylation sites is 1. The molecule has 2 aliphatic heterocycles. The highest BCUT2D eigenvalue weighted by atomic mass is 16.7. The number of methoxy groups -OCH3 is 2. The average Bonchev–Trinajstić information content (AvgIpc) is 2.82. The monoisotopic (exact) mass is 469 g/mol. The number of piperidine rings is 1. The van der Waals surface area contributed by atoms with Crippen LogP contribution < -0.4 is 10.6 Å². The van der Waals surface area contributed by atoms with E-state index in [9.17, 15) is 5.11 Å². The number of nitrogens with two attached hydrogens (primary N) is 1. The lowest BCUT2D eigenvalue weighted by Gasteiger charge is -2.53. The molecular weight excluding hydrogens is 434 g/mol. The molecule has 0 unspecified atom stereocenters. The van der Waals surface area contributed by atoms with Crippen LogP contribution >= 0.6 is 0 Å². The summed E-state index contributed by atoms with van der Waals surface area (Å²) in [6.45, 7) is 4.41. The Hall–Kier alpha value is -2.46. The van der Waals surface area contributed by atoms with Gasteiger partial charge in [-0.05, 0) is 43.9 Å². The van der Waals surface area contributed by atoms with Gasteiger partial charge >= 0.3 is 0 Å². The molecule has 3 fully saturated rings. The topological polar surface area (TPSA) is 106 Å². The van der Waals surface area contributed by atoms with Gasteiger partial charge in [0.1, 0.15) is 5.75 Å². The normalized spacial score (nSPS) is 25.0. The van der Waals surface area contributed by atoms with Crippen molar-refractivity contribution in [2.24, 2.45) is 5.92 Å². The standard InChI is InChI=1S/C25H35N5O4/c1-32-24(33-2)17-13-18(14-17)30-11-12-34-25(16-30)7-9-29(10-8-25)21-15-20(27-28-23(21)26)19-5-3-4-6-22(19)31/h3-6,15,17-18,24,31H,7-14,16H2,1-2H3,(H2,26,28)/t17-,18-. The molecule has 0 atom stereocenters. The van der Waals surface area contributed by atoms with Crippen LogP contribution in [0.3, 0.4) is 0 Å². The fourth-order valence-corrected chi connectivity index (χ4v) is 5.74. The number of nitrogens with zero attached hydrogens (tertiary/aromatic N) is 4. The van der Waals surface area contributed by atoms with E-state index in [-0.39, 0.29) is 17.6 Å². The van der Waals surface area contributed by atoms with E-state index in [0.717, 1.165) is 64.2 Å². The molecular formula is C25H35N5O4. The summed E-state index contributed by atoms with van der Waals surface area (Å²) in [4.78, 5) is 4.87. The van der Waals surface area contributed by atoms with E-state index in [0.29, 0.717) is 29.0 Å². The fourth-order valence-electron chi connectivity index (χ4n) is 5.74. The smallest absolute Gasteiger partial charge is 0.169 e. The molecule has 0 radical (unpaired) electrons. The number of rotatable bonds is 6. The maximum absolute atomic E-state index is 10.2. The summed E-state index contributed by atoms with van der Waals surface area (Å²) in [5.74, 6) is 1.06. The molecule has 5 rings (SSSR count). The quantitative estimate of drug-likeness (QED) is 0.617. The number of hydrogen-bond donors (Lipinski definition) is 2. The van der Waals surface area contributed by atoms with E-state index < -0.39 is 0 Å². The van der Waals surface area contributed by atoms with Gasteiger partial charge < -0.3 is 30.0 Å². The molecule has 1 saturated carbocycles. The Bertz CT molecular complexity index is 987. The molecule has 184 valence electrons. The third-order valence-corrected chi connectivity index (χ3v) is 7.79. The van der Waals surface area contributed by atoms with E-state index in [4.69, 9.17) is 19.9 Å². The maximum atomic E-state index is 10.2. The number of nitrogen functional groups attached to an aromatic ring is 1. The molecule has 1 aromatic heterocycles. The van der Waals surface area contributed by atoms with Crippen molar-refractivity contribution in [3.63, 3.8) is 0 Å². The SMILES string of the molecule is COC(OC)[C@H]1C[C@H](N2CCOC3(CCN(c4cc(-c5ccccc5O)nnc4N)CC3)C2)C1. The summed E-state index contributed by atoms with van der Waals surface area (Å²) in [6, 6.07) is 9.66. The maximum Gasteiger partial charge on any atom is 0.169 e. The predicted molar refractivity (Wildman–Crippen MR) is 130 cm³/mol. The van der Waals surface area contributed by atoms with Crippen molar-refractivity contribution in [2.45, 2.75) is 43.6 Å². The minimum Gasteiger partial charge on any atom is -0.507 e. The van der Waals surface area contributed by atoms with Crippen molar-refractivity contribution >= 4 is 11.5 Å². The minimum absolute atomic E-state index is 0.100. The molecule has 34 heavy (non-hydrogen) atoms. The first kappa shape index (κ1) is 23.3. The Morgan fingerprint density at radius 1 is 1.12 bits per heavy atom. The zero-order valence-corrected chi connectivity index (χ0v) is 20.0. The number of morpholine rings is 1. The number of aromatic hydroxyl groups is 1. The fraction of sp³-hybridized carbons (Fsp3) is 0.600. The zero-order chi connectivity index (χ0) is 23.7. The van der Waals surface area contributed by atoms with Crippen molar-refractivity contribution < 1.29 is 19.3 Å². The van der Waals surface area contributed by atoms with E-state index in [1.165, 1.54) is 0 Å². The third-order valence-electron chi connectivity index (χ3n) is 7.79. The van der Waals surface area contributed by atoms with Gasteiger partial charge in [0.2, 0.25) is 0 Å². The Labute approximate surface area is 200 Å². The lowest BCUT2D eigenvalue weighted by Crippen LogP contribution is -2.61. The molecule has 0 amide bonds. The summed E-state index contributed by atoms with van der Waals surface area (Å²) >= 11 is 0. The summed E-state index contributed by atoms with van der Waals surface area (Å²) < 4.78 is 17.3. The molecule has 9 nitrogen and oxygen atoms in total. The predicted octanol–water partition coefficient (Wildman–Crippen LogP) is 2.50. The van der Waals surface area contributed by atoms with Crippen LogP contribution in [0.5, 0.6) is 5.75 Å². The van der Waals surface area contributed by atoms with Crippen LogP contribution in [0.4, 0.5) is 11.5 Å². The first-order valence-electron chi connectivity index (χ1n) is 12.1. The van der Waals surface area contributed by atoms with Gasteiger partial charge in [-0.15, -0.1) is 10.2 Å². The van der Waals surface area contributed by atoms with Gasteiger partial charge in [0.15, 0.2) is 12.1 Å². The zero-order valence-electron chi connectivity index (χ0n) is 20.0. The molecule has 2 saturated heterocycles. The number of anilines is 2. The van der Waals surface area contributed by atoms with E-state index in [1.54, 1.807) is 26.4 Å². The van der Waals surface area contributed by atoms with Crippen molar-refractivity contribution in [2.75, 3.05) is 57.6 Å². The molecule has 1 aliphatic carbocycles. The highest BCUT2D eigenvalue weighted by Crippen LogP contribution is 2.40. The average molecular weight is 470 g/mol. The van der Waals surface area contributed by atoms with Crippen LogP contribution in [0.25, 0.3) is 11.3 Å². The van der Waals surface area contributed by atoms with E-state index >= 15 is 0 Å². The van der Waals surface area contributed by atoms with Crippen LogP contribution in [-0.2, 0) is 14.2 Å². The molecule has 2 aromatic rings. The van der Waals surface area contributed by atoms with Gasteiger partial charge in [0.25, 0.3) is 0 Å². The molecule has 3 heterocycles. The molecule has 9 heteroatoms. The molecule has 3 aliphatic rings. The van der Waals surface area contributed by atoms with Crippen LogP contribution in [0.1, 0.15) is 25.7 Å². The Balaban J connectivity index is 1.23. The van der Waals surface area contributed by atoms with Gasteiger partial charge in [-0.25, -0.2) is 0 Å². The van der Waals surface area contributed by atoms with Gasteiger partial charge in [-0.3, -0.25) is 4.90 Å². The molecule has 3 N–H and O–H groups in total. The first-order chi connectivity index (χ1) is 16.5. The van der Waals surface area contributed by atoms with Crippen LogP contribution in [-0.4, -0.2) is 85.1 Å². The summed E-state index contributed by atoms with van der Waals surface area (Å²) in [5, 5.41) is 18.6. The number of phenolic OH excluding ortho intramolecular Hbond substituents is 1. The molecule has 1 aromatic carbocycles. The van der Waals surface area contributed by atoms with Gasteiger partial charge in [-0.2, -0.15) is 0 Å². The number of aromatic nitrogens is 2. The molecule has 0 bridgehead atoms. The largest absolute Gasteiger partial charge is 0.507 e. The second-order valence-electron chi connectivity index (χ2n) is 9.73. The Kier molecular flexibility index (Phi) is 6.61. The van der Waals surface area contributed by atoms with Gasteiger partial charge in [0, 0.05) is 57.9 Å². The highest BCUT2D eigenvalue weighted by molar-refractivity contribution is 5.74. The molecule has 1 spiro atoms. The van der Waals surface area contributed by atoms with E-state index in [1.807, 2.05) is 18.2 Å². The van der Waals surface area contributed by atoms with Crippen molar-refractivity contribution in [3.8, 4) is 17.0 Å². The Morgan fingerprint density at radius 3 is 2.56 bits per heavy atom. The number of benzene rings is 1. The number of hydrogen-bond acceptors (Lipinski definition) is 9. The lowest BCUT2D eigenvalue weighted by atomic mass is 9.77. The summed E-state index contributed by atoms with van der Waals surface area (Å²) in [6.07, 6.45) is 4.00. The van der Waals surface area contributed by atoms with Crippen LogP contribution in [0.15, 0.2) is 30.3 Å². The number of phenols is 1. The van der Waals surface area contributed by atoms with Crippen molar-refractivity contribution in [3.05, 3.63) is 30.3 Å². The summed E-state index contributed by atoms with van der Waals surface area (Å²) in [5.41, 5.74) is 8.24. The minimum atomic E-state index is -0.114. The second-order valence-corrected chi connectivity index (χ2v) is 9.73. The van der Waals surface area contributed by atoms with Gasteiger partial charge in [0.05, 0.1) is 23.6 Å². The van der Waals surface area contributed by atoms with Crippen LogP contribution in [0.2, 0.25) is 0 Å². The highest BCUT2D eigenvalue weighted by Gasteiger charge is 2.45. The van der Waals surface area contributed by atoms with Gasteiger partial charge in [-0.1, -0.05) is 12.1 Å². The van der Waals surface area contributed by atoms with Crippen LogP contribution in [0, 0.1) is 5.92 Å². The van der Waals surface area contributed by atoms with Crippen molar-refractivity contribution in [1.29, 1.82) is 0 Å². The Morgan fingerprint density at radius 2 is 1.85 bits per heavy atom. The van der Waals surface area contributed by atoms with Crippen molar-refractivity contribution in [1.82, 2.24) is 15.1 Å². The third kappa shape index (κ3) is 4.45. The second kappa shape index (κ2) is 9.65. The summed E-state index contributed by atoms with van der Waals surface area (Å²) in [7, 11) is 3.44.